The third-order valence-corrected chi connectivity index (χ3v) is 4.74. The van der Waals surface area contributed by atoms with Crippen molar-refractivity contribution >= 4 is 22.7 Å². The zero-order chi connectivity index (χ0) is 17.3. The molecule has 1 aliphatic heterocycles. The number of aromatic nitrogens is 1. The molecule has 1 saturated heterocycles. The van der Waals surface area contributed by atoms with E-state index in [1.165, 1.54) is 0 Å². The van der Waals surface area contributed by atoms with E-state index in [1.807, 2.05) is 47.3 Å². The molecule has 1 fully saturated rings. The van der Waals surface area contributed by atoms with E-state index >= 15 is 0 Å². The number of fused-ring (bicyclic) bond motifs is 1. The molecule has 2 amide bonds. The number of likely N-dealkylation sites (N-methyl/N-ethyl adjacent to an activating group) is 2. The van der Waals surface area contributed by atoms with E-state index in [4.69, 9.17) is 0 Å². The van der Waals surface area contributed by atoms with Gasteiger partial charge in [0, 0.05) is 50.8 Å². The highest BCUT2D eigenvalue weighted by atomic mass is 16.2. The summed E-state index contributed by atoms with van der Waals surface area (Å²) in [5.74, 6) is 0.117. The van der Waals surface area contributed by atoms with Crippen LogP contribution < -0.4 is 0 Å². The first kappa shape index (κ1) is 16.5. The predicted octanol–water partition coefficient (Wildman–Crippen LogP) is 0.941. The Balaban J connectivity index is 1.72. The molecule has 3 rings (SSSR count). The van der Waals surface area contributed by atoms with Crippen molar-refractivity contribution in [3.05, 3.63) is 36.0 Å². The third-order valence-electron chi connectivity index (χ3n) is 4.74. The van der Waals surface area contributed by atoms with Crippen LogP contribution in [0.4, 0.5) is 0 Å². The Bertz CT molecular complexity index is 752. The van der Waals surface area contributed by atoms with Crippen LogP contribution in [0, 0.1) is 0 Å². The van der Waals surface area contributed by atoms with Crippen LogP contribution in [0.25, 0.3) is 10.9 Å². The van der Waals surface area contributed by atoms with Crippen molar-refractivity contribution in [3.8, 4) is 0 Å². The van der Waals surface area contributed by atoms with E-state index in [-0.39, 0.29) is 17.9 Å². The summed E-state index contributed by atoms with van der Waals surface area (Å²) in [7, 11) is 5.44. The average molecular weight is 328 g/mol. The molecule has 1 N–H and O–H groups in total. The summed E-state index contributed by atoms with van der Waals surface area (Å²) in [6.07, 6.45) is 2.26. The van der Waals surface area contributed by atoms with Gasteiger partial charge in [-0.15, -0.1) is 0 Å². The molecule has 0 radical (unpaired) electrons. The highest BCUT2D eigenvalue weighted by molar-refractivity contribution is 5.89. The summed E-state index contributed by atoms with van der Waals surface area (Å²) in [5, 5.41) is 1.08. The van der Waals surface area contributed by atoms with Crippen molar-refractivity contribution in [2.24, 2.45) is 0 Å². The number of para-hydroxylation sites is 1. The van der Waals surface area contributed by atoms with E-state index in [0.29, 0.717) is 26.1 Å². The molecule has 1 aromatic carbocycles. The van der Waals surface area contributed by atoms with Crippen LogP contribution in [-0.2, 0) is 16.0 Å². The second kappa shape index (κ2) is 6.65. The smallest absolute Gasteiger partial charge is 0.241 e. The summed E-state index contributed by atoms with van der Waals surface area (Å²) in [4.78, 5) is 33.7. The van der Waals surface area contributed by atoms with Crippen molar-refractivity contribution in [1.82, 2.24) is 19.7 Å². The minimum atomic E-state index is -0.263. The Hall–Kier alpha value is -2.34. The van der Waals surface area contributed by atoms with Crippen molar-refractivity contribution in [2.45, 2.75) is 12.5 Å². The second-order valence-corrected chi connectivity index (χ2v) is 6.61. The Kier molecular flexibility index (Phi) is 4.57. The maximum Gasteiger partial charge on any atom is 0.241 e. The molecule has 0 unspecified atom stereocenters. The van der Waals surface area contributed by atoms with Gasteiger partial charge in [-0.1, -0.05) is 18.2 Å². The molecule has 24 heavy (non-hydrogen) atoms. The summed E-state index contributed by atoms with van der Waals surface area (Å²) >= 11 is 0. The Labute approximate surface area is 142 Å². The molecule has 6 heteroatoms. The number of amides is 2. The van der Waals surface area contributed by atoms with Gasteiger partial charge in [-0.05, 0) is 18.7 Å². The van der Waals surface area contributed by atoms with Gasteiger partial charge in [0.25, 0.3) is 0 Å². The Morgan fingerprint density at radius 2 is 2.00 bits per heavy atom. The molecule has 1 aliphatic rings. The molecule has 1 atom stereocenters. The maximum absolute atomic E-state index is 12.7. The van der Waals surface area contributed by atoms with Gasteiger partial charge in [-0.25, -0.2) is 0 Å². The van der Waals surface area contributed by atoms with Crippen molar-refractivity contribution in [1.29, 1.82) is 0 Å². The lowest BCUT2D eigenvalue weighted by atomic mass is 10.1. The highest BCUT2D eigenvalue weighted by Crippen LogP contribution is 2.19. The van der Waals surface area contributed by atoms with E-state index in [9.17, 15) is 9.59 Å². The average Bonchev–Trinajstić information content (AvgIpc) is 2.97. The zero-order valence-corrected chi connectivity index (χ0v) is 14.5. The van der Waals surface area contributed by atoms with Gasteiger partial charge in [0.1, 0.15) is 6.04 Å². The molecular formula is C18H24N4O2. The number of benzene rings is 1. The van der Waals surface area contributed by atoms with Crippen LogP contribution >= 0.6 is 0 Å². The number of aromatic amines is 1. The maximum atomic E-state index is 12.7. The number of hydrogen-bond acceptors (Lipinski definition) is 3. The second-order valence-electron chi connectivity index (χ2n) is 6.61. The van der Waals surface area contributed by atoms with E-state index in [0.717, 1.165) is 16.5 Å². The quantitative estimate of drug-likeness (QED) is 0.912. The minimum Gasteiger partial charge on any atom is -0.361 e. The van der Waals surface area contributed by atoms with Crippen molar-refractivity contribution in [3.63, 3.8) is 0 Å². The number of nitrogens with one attached hydrogen (secondary N) is 1. The standard InChI is InChI=1S/C18H24N4O2/c1-20(2)18(24)16-12-22(9-8-21(16)3)17(23)10-13-11-19-15-7-5-4-6-14(13)15/h4-7,11,16,19H,8-10,12H2,1-3H3/t16-/m0/s1. The van der Waals surface area contributed by atoms with Gasteiger partial charge in [-0.3, -0.25) is 14.5 Å². The van der Waals surface area contributed by atoms with Crippen molar-refractivity contribution < 1.29 is 9.59 Å². The number of carbonyl (C=O) groups is 2. The van der Waals surface area contributed by atoms with Crippen molar-refractivity contribution in [2.75, 3.05) is 40.8 Å². The zero-order valence-electron chi connectivity index (χ0n) is 14.5. The first-order chi connectivity index (χ1) is 11.5. The number of nitrogens with zero attached hydrogens (tertiary/aromatic N) is 3. The number of piperazine rings is 1. The molecule has 6 nitrogen and oxygen atoms in total. The number of carbonyl (C=O) groups excluding carboxylic acids is 2. The van der Waals surface area contributed by atoms with E-state index in [2.05, 4.69) is 4.98 Å². The lowest BCUT2D eigenvalue weighted by molar-refractivity contribution is -0.141. The lowest BCUT2D eigenvalue weighted by Gasteiger charge is -2.39. The normalized spacial score (nSPS) is 18.8. The third kappa shape index (κ3) is 3.14. The molecule has 0 aliphatic carbocycles. The van der Waals surface area contributed by atoms with Gasteiger partial charge in [0.2, 0.25) is 11.8 Å². The van der Waals surface area contributed by atoms with Crippen LogP contribution in [0.3, 0.4) is 0 Å². The number of hydrogen-bond donors (Lipinski definition) is 1. The van der Waals surface area contributed by atoms with Gasteiger partial charge in [-0.2, -0.15) is 0 Å². The highest BCUT2D eigenvalue weighted by Gasteiger charge is 2.33. The molecule has 128 valence electrons. The summed E-state index contributed by atoms with van der Waals surface area (Å²) in [5.41, 5.74) is 2.05. The molecule has 0 saturated carbocycles. The van der Waals surface area contributed by atoms with Gasteiger partial charge >= 0.3 is 0 Å². The Morgan fingerprint density at radius 1 is 1.25 bits per heavy atom. The molecule has 0 bridgehead atoms. The topological polar surface area (TPSA) is 59.7 Å². The van der Waals surface area contributed by atoms with Gasteiger partial charge < -0.3 is 14.8 Å². The number of H-pyrrole nitrogens is 1. The van der Waals surface area contributed by atoms with E-state index in [1.54, 1.807) is 19.0 Å². The largest absolute Gasteiger partial charge is 0.361 e. The fourth-order valence-corrected chi connectivity index (χ4v) is 3.22. The van der Waals surface area contributed by atoms with Crippen LogP contribution in [0.5, 0.6) is 0 Å². The summed E-state index contributed by atoms with van der Waals surface area (Å²) in [6, 6.07) is 7.72. The number of rotatable bonds is 3. The van der Waals surface area contributed by atoms with Gasteiger partial charge in [0.05, 0.1) is 6.42 Å². The summed E-state index contributed by atoms with van der Waals surface area (Å²) < 4.78 is 0. The lowest BCUT2D eigenvalue weighted by Crippen LogP contribution is -2.58. The fraction of sp³-hybridized carbons (Fsp3) is 0.444. The first-order valence-corrected chi connectivity index (χ1v) is 8.21. The molecule has 2 aromatic rings. The first-order valence-electron chi connectivity index (χ1n) is 8.21. The van der Waals surface area contributed by atoms with Crippen LogP contribution in [0.2, 0.25) is 0 Å². The van der Waals surface area contributed by atoms with Crippen LogP contribution in [0.15, 0.2) is 30.5 Å². The van der Waals surface area contributed by atoms with Gasteiger partial charge in [0.15, 0.2) is 0 Å². The summed E-state index contributed by atoms with van der Waals surface area (Å²) in [6.45, 7) is 1.83. The van der Waals surface area contributed by atoms with E-state index < -0.39 is 0 Å². The Morgan fingerprint density at radius 3 is 2.75 bits per heavy atom. The fourth-order valence-electron chi connectivity index (χ4n) is 3.22. The molecular weight excluding hydrogens is 304 g/mol. The predicted molar refractivity (Wildman–Crippen MR) is 93.7 cm³/mol. The monoisotopic (exact) mass is 328 g/mol. The molecule has 2 heterocycles. The SMILES string of the molecule is CN(C)C(=O)[C@@H]1CN(C(=O)Cc2c[nH]c3ccccc23)CCN1C. The minimum absolute atomic E-state index is 0.0436. The molecule has 0 spiro atoms. The van der Waals surface area contributed by atoms with Crippen LogP contribution in [0.1, 0.15) is 5.56 Å². The molecule has 1 aromatic heterocycles. The van der Waals surface area contributed by atoms with Crippen LogP contribution in [-0.4, -0.2) is 78.3 Å².